The lowest BCUT2D eigenvalue weighted by molar-refractivity contribution is -0.126. The number of ether oxygens (including phenoxy) is 1. The third-order valence-electron chi connectivity index (χ3n) is 4.23. The topological polar surface area (TPSA) is 29.5 Å². The summed E-state index contributed by atoms with van der Waals surface area (Å²) >= 11 is 0. The summed E-state index contributed by atoms with van der Waals surface area (Å²) in [6, 6.07) is 14.2. The predicted octanol–water partition coefficient (Wildman–Crippen LogP) is 3.60. The van der Waals surface area contributed by atoms with Crippen LogP contribution in [0.3, 0.4) is 0 Å². The van der Waals surface area contributed by atoms with Crippen molar-refractivity contribution in [3.63, 3.8) is 0 Å². The molecule has 0 N–H and O–H groups in total. The number of amides is 1. The molecule has 3 nitrogen and oxygen atoms in total. The van der Waals surface area contributed by atoms with E-state index in [0.717, 1.165) is 24.3 Å². The summed E-state index contributed by atoms with van der Waals surface area (Å²) in [6.07, 6.45) is 4.43. The van der Waals surface area contributed by atoms with Gasteiger partial charge in [0.1, 0.15) is 5.75 Å². The van der Waals surface area contributed by atoms with Crippen molar-refractivity contribution in [2.75, 3.05) is 13.7 Å². The Morgan fingerprint density at radius 2 is 1.91 bits per heavy atom. The monoisotopic (exact) mass is 307 g/mol. The lowest BCUT2D eigenvalue weighted by Crippen LogP contribution is -2.34. The van der Waals surface area contributed by atoms with Crippen molar-refractivity contribution in [3.8, 4) is 5.75 Å². The molecule has 0 fully saturated rings. The van der Waals surface area contributed by atoms with Crippen LogP contribution in [-0.2, 0) is 17.8 Å². The summed E-state index contributed by atoms with van der Waals surface area (Å²) in [4.78, 5) is 14.3. The highest BCUT2D eigenvalue weighted by Crippen LogP contribution is 2.24. The van der Waals surface area contributed by atoms with E-state index in [1.165, 1.54) is 16.7 Å². The molecular formula is C20H21NO2. The Kier molecular flexibility index (Phi) is 4.47. The average Bonchev–Trinajstić information content (AvgIpc) is 2.60. The second-order valence-electron chi connectivity index (χ2n) is 5.89. The van der Waals surface area contributed by atoms with Crippen LogP contribution in [0, 0.1) is 6.92 Å². The van der Waals surface area contributed by atoms with Crippen molar-refractivity contribution in [3.05, 3.63) is 70.8 Å². The summed E-state index contributed by atoms with van der Waals surface area (Å²) < 4.78 is 5.27. The van der Waals surface area contributed by atoms with Crippen LogP contribution in [0.4, 0.5) is 0 Å². The van der Waals surface area contributed by atoms with Gasteiger partial charge in [-0.2, -0.15) is 0 Å². The minimum Gasteiger partial charge on any atom is -0.497 e. The van der Waals surface area contributed by atoms with Gasteiger partial charge in [-0.05, 0) is 48.2 Å². The summed E-state index contributed by atoms with van der Waals surface area (Å²) in [5.41, 5.74) is 4.74. The predicted molar refractivity (Wildman–Crippen MR) is 92.3 cm³/mol. The quantitative estimate of drug-likeness (QED) is 0.811. The fraction of sp³-hybridized carbons (Fsp3) is 0.250. The maximum atomic E-state index is 12.4. The Morgan fingerprint density at radius 3 is 2.65 bits per heavy atom. The van der Waals surface area contributed by atoms with Crippen molar-refractivity contribution in [1.82, 2.24) is 4.90 Å². The highest BCUT2D eigenvalue weighted by molar-refractivity contribution is 5.91. The molecule has 0 bridgehead atoms. The Labute approximate surface area is 137 Å². The number of nitrogens with zero attached hydrogens (tertiary/aromatic N) is 1. The van der Waals surface area contributed by atoms with E-state index < -0.39 is 0 Å². The van der Waals surface area contributed by atoms with Crippen LogP contribution < -0.4 is 4.74 Å². The van der Waals surface area contributed by atoms with Gasteiger partial charge in [0.25, 0.3) is 0 Å². The zero-order chi connectivity index (χ0) is 16.2. The molecule has 118 valence electrons. The first-order chi connectivity index (χ1) is 11.2. The fourth-order valence-electron chi connectivity index (χ4n) is 2.80. The van der Waals surface area contributed by atoms with E-state index >= 15 is 0 Å². The molecule has 1 amide bonds. The summed E-state index contributed by atoms with van der Waals surface area (Å²) in [5, 5.41) is 0. The van der Waals surface area contributed by atoms with E-state index in [4.69, 9.17) is 4.74 Å². The van der Waals surface area contributed by atoms with Gasteiger partial charge in [0.2, 0.25) is 5.91 Å². The fourth-order valence-corrected chi connectivity index (χ4v) is 2.80. The van der Waals surface area contributed by atoms with Crippen LogP contribution in [0.15, 0.2) is 48.5 Å². The molecule has 23 heavy (non-hydrogen) atoms. The molecule has 1 aliphatic rings. The molecule has 0 unspecified atom stereocenters. The second kappa shape index (κ2) is 6.69. The Hall–Kier alpha value is -2.55. The summed E-state index contributed by atoms with van der Waals surface area (Å²) in [5.74, 6) is 0.896. The molecule has 0 saturated carbocycles. The van der Waals surface area contributed by atoms with Crippen LogP contribution in [0.2, 0.25) is 0 Å². The van der Waals surface area contributed by atoms with E-state index in [-0.39, 0.29) is 5.91 Å². The first-order valence-corrected chi connectivity index (χ1v) is 7.85. The van der Waals surface area contributed by atoms with Gasteiger partial charge in [-0.25, -0.2) is 0 Å². The highest BCUT2D eigenvalue weighted by Gasteiger charge is 2.19. The zero-order valence-electron chi connectivity index (χ0n) is 13.6. The minimum absolute atomic E-state index is 0.0547. The van der Waals surface area contributed by atoms with Gasteiger partial charge in [-0.3, -0.25) is 4.79 Å². The lowest BCUT2D eigenvalue weighted by Gasteiger charge is -2.28. The van der Waals surface area contributed by atoms with Crippen LogP contribution in [0.5, 0.6) is 5.75 Å². The molecule has 0 radical (unpaired) electrons. The number of hydrogen-bond acceptors (Lipinski definition) is 2. The number of rotatable bonds is 3. The van der Waals surface area contributed by atoms with E-state index in [9.17, 15) is 4.79 Å². The molecule has 3 heteroatoms. The van der Waals surface area contributed by atoms with Gasteiger partial charge in [0.15, 0.2) is 0 Å². The minimum atomic E-state index is 0.0547. The number of methoxy groups -OCH3 is 1. The van der Waals surface area contributed by atoms with E-state index in [0.29, 0.717) is 6.54 Å². The second-order valence-corrected chi connectivity index (χ2v) is 5.89. The van der Waals surface area contributed by atoms with Gasteiger partial charge >= 0.3 is 0 Å². The highest BCUT2D eigenvalue weighted by atomic mass is 16.5. The van der Waals surface area contributed by atoms with Gasteiger partial charge in [0.05, 0.1) is 7.11 Å². The van der Waals surface area contributed by atoms with Crippen LogP contribution in [0.1, 0.15) is 22.3 Å². The molecule has 1 heterocycles. The molecule has 0 aliphatic carbocycles. The number of benzene rings is 2. The van der Waals surface area contributed by atoms with Gasteiger partial charge in [-0.1, -0.05) is 35.9 Å². The lowest BCUT2D eigenvalue weighted by atomic mass is 9.99. The van der Waals surface area contributed by atoms with Crippen molar-refractivity contribution in [2.24, 2.45) is 0 Å². The first-order valence-electron chi connectivity index (χ1n) is 7.85. The number of aryl methyl sites for hydroxylation is 1. The SMILES string of the molecule is COc1ccc2c(c1)CN(C(=O)/C=C/c1ccc(C)cc1)CC2. The summed E-state index contributed by atoms with van der Waals surface area (Å²) in [6.45, 7) is 3.46. The van der Waals surface area contributed by atoms with Crippen LogP contribution >= 0.6 is 0 Å². The number of carbonyl (C=O) groups is 1. The molecule has 0 spiro atoms. The van der Waals surface area contributed by atoms with Crippen molar-refractivity contribution >= 4 is 12.0 Å². The molecule has 2 aromatic rings. The van der Waals surface area contributed by atoms with E-state index in [1.807, 2.05) is 47.4 Å². The first kappa shape index (κ1) is 15.3. The molecule has 0 atom stereocenters. The third-order valence-corrected chi connectivity index (χ3v) is 4.23. The van der Waals surface area contributed by atoms with Crippen LogP contribution in [0.25, 0.3) is 6.08 Å². The molecule has 3 rings (SSSR count). The van der Waals surface area contributed by atoms with E-state index in [1.54, 1.807) is 13.2 Å². The number of hydrogen-bond donors (Lipinski definition) is 0. The van der Waals surface area contributed by atoms with Crippen LogP contribution in [-0.4, -0.2) is 24.5 Å². The molecule has 0 saturated heterocycles. The third kappa shape index (κ3) is 3.62. The Morgan fingerprint density at radius 1 is 1.13 bits per heavy atom. The van der Waals surface area contributed by atoms with E-state index in [2.05, 4.69) is 13.0 Å². The number of fused-ring (bicyclic) bond motifs is 1. The van der Waals surface area contributed by atoms with Crippen molar-refractivity contribution in [2.45, 2.75) is 19.9 Å². The van der Waals surface area contributed by atoms with Crippen molar-refractivity contribution < 1.29 is 9.53 Å². The van der Waals surface area contributed by atoms with Gasteiger partial charge in [-0.15, -0.1) is 0 Å². The molecule has 2 aromatic carbocycles. The Bertz CT molecular complexity index is 732. The normalized spacial score (nSPS) is 13.9. The molecular weight excluding hydrogens is 286 g/mol. The maximum Gasteiger partial charge on any atom is 0.246 e. The smallest absolute Gasteiger partial charge is 0.246 e. The molecule has 0 aromatic heterocycles. The largest absolute Gasteiger partial charge is 0.497 e. The average molecular weight is 307 g/mol. The van der Waals surface area contributed by atoms with Crippen molar-refractivity contribution in [1.29, 1.82) is 0 Å². The number of carbonyl (C=O) groups excluding carboxylic acids is 1. The summed E-state index contributed by atoms with van der Waals surface area (Å²) in [7, 11) is 1.66. The van der Waals surface area contributed by atoms with Gasteiger partial charge in [0, 0.05) is 19.2 Å². The Balaban J connectivity index is 1.70. The zero-order valence-corrected chi connectivity index (χ0v) is 13.6. The standard InChI is InChI=1S/C20H21NO2/c1-15-3-5-16(6-4-15)7-10-20(22)21-12-11-17-8-9-19(23-2)13-18(17)14-21/h3-10,13H,11-12,14H2,1-2H3/b10-7+. The maximum absolute atomic E-state index is 12.4. The molecule has 1 aliphatic heterocycles. The van der Waals surface area contributed by atoms with Gasteiger partial charge < -0.3 is 9.64 Å².